The highest BCUT2D eigenvalue weighted by Gasteiger charge is 2.20. The minimum atomic E-state index is -0.549. The Morgan fingerprint density at radius 3 is 2.09 bits per heavy atom. The van der Waals surface area contributed by atoms with Crippen LogP contribution in [0, 0.1) is 0 Å². The quantitative estimate of drug-likeness (QED) is 0.294. The predicted octanol–water partition coefficient (Wildman–Crippen LogP) is 8.01. The number of benzene rings is 3. The van der Waals surface area contributed by atoms with E-state index in [0.717, 1.165) is 4.47 Å². The minimum Gasteiger partial charge on any atom is -0.0760 e. The third kappa shape index (κ3) is 2.59. The van der Waals surface area contributed by atoms with Gasteiger partial charge in [0.2, 0.25) is 0 Å². The molecule has 0 bridgehead atoms. The van der Waals surface area contributed by atoms with E-state index in [0.29, 0.717) is 0 Å². The van der Waals surface area contributed by atoms with Gasteiger partial charge in [-0.25, -0.2) is 0 Å². The second-order valence-corrected chi connectivity index (χ2v) is 9.09. The summed E-state index contributed by atoms with van der Waals surface area (Å²) in [6, 6.07) is 28.0. The van der Waals surface area contributed by atoms with Gasteiger partial charge in [0.1, 0.15) is 0 Å². The molecule has 0 aliphatic heterocycles. The number of hydrogen-bond acceptors (Lipinski definition) is 0. The van der Waals surface area contributed by atoms with Gasteiger partial charge in [-0.1, -0.05) is 90.2 Å². The summed E-state index contributed by atoms with van der Waals surface area (Å²) in [6.07, 6.45) is 0. The van der Waals surface area contributed by atoms with Crippen LogP contribution in [0.4, 0.5) is 0 Å². The average molecular weight is 444 g/mol. The maximum absolute atomic E-state index is 3.89. The Bertz CT molecular complexity index is 987. The number of halogens is 2. The first-order valence-corrected chi connectivity index (χ1v) is 10.3. The number of rotatable bonds is 2. The molecule has 0 aliphatic carbocycles. The van der Waals surface area contributed by atoms with Crippen molar-refractivity contribution >= 4 is 49.9 Å². The zero-order valence-corrected chi connectivity index (χ0v) is 16.3. The van der Waals surface area contributed by atoms with Gasteiger partial charge in [0, 0.05) is 30.3 Å². The average Bonchev–Trinajstić information content (AvgIpc) is 2.89. The van der Waals surface area contributed by atoms with E-state index in [2.05, 4.69) is 111 Å². The van der Waals surface area contributed by atoms with Crippen molar-refractivity contribution in [1.29, 1.82) is 0 Å². The van der Waals surface area contributed by atoms with Gasteiger partial charge in [-0.2, -0.15) is 0 Å². The predicted molar refractivity (Wildman–Crippen MR) is 109 cm³/mol. The van der Waals surface area contributed by atoms with E-state index in [9.17, 15) is 0 Å². The van der Waals surface area contributed by atoms with Crippen LogP contribution in [-0.2, 0) is 0 Å². The fourth-order valence-corrected chi connectivity index (χ4v) is 7.48. The Balaban J connectivity index is 2.16. The molecular weight excluding hydrogens is 431 g/mol. The van der Waals surface area contributed by atoms with Crippen molar-refractivity contribution in [3.8, 4) is 16.2 Å². The zero-order chi connectivity index (χ0) is 15.8. The van der Waals surface area contributed by atoms with Crippen LogP contribution in [-0.4, -0.2) is 0 Å². The molecule has 0 saturated carbocycles. The molecule has 0 fully saturated rings. The highest BCUT2D eigenvalue weighted by molar-refractivity contribution is 9.11. The van der Waals surface area contributed by atoms with Crippen molar-refractivity contribution in [2.45, 2.75) is 0 Å². The van der Waals surface area contributed by atoms with E-state index in [1.807, 2.05) is 0 Å². The maximum atomic E-state index is 3.89. The standard InChI is InChI=1S/C20H13Br2P/c21-17-12-6-4-10-15(17)20-19(22)16-11-5-7-13-18(16)23(20)14-8-2-1-3-9-14/h1-13H. The van der Waals surface area contributed by atoms with Crippen LogP contribution >= 0.6 is 39.4 Å². The lowest BCUT2D eigenvalue weighted by molar-refractivity contribution is 1.64. The first kappa shape index (κ1) is 15.2. The largest absolute Gasteiger partial charge is 0.0760 e. The van der Waals surface area contributed by atoms with Gasteiger partial charge >= 0.3 is 0 Å². The van der Waals surface area contributed by atoms with Gasteiger partial charge in [-0.3, -0.25) is 0 Å². The van der Waals surface area contributed by atoms with Crippen molar-refractivity contribution in [1.82, 2.24) is 0 Å². The molecule has 0 nitrogen and oxygen atoms in total. The third-order valence-corrected chi connectivity index (χ3v) is 8.38. The van der Waals surface area contributed by atoms with E-state index >= 15 is 0 Å². The van der Waals surface area contributed by atoms with Gasteiger partial charge in [-0.15, -0.1) is 0 Å². The molecule has 0 spiro atoms. The lowest BCUT2D eigenvalue weighted by atomic mass is 10.1. The van der Waals surface area contributed by atoms with Crippen molar-refractivity contribution in [2.75, 3.05) is 0 Å². The van der Waals surface area contributed by atoms with E-state index in [4.69, 9.17) is 0 Å². The maximum Gasteiger partial charge on any atom is 0.0379 e. The van der Waals surface area contributed by atoms with Gasteiger partial charge in [-0.05, 0) is 33.4 Å². The smallest absolute Gasteiger partial charge is 0.0379 e. The molecule has 0 radical (unpaired) electrons. The molecule has 3 aromatic carbocycles. The topological polar surface area (TPSA) is 0 Å². The highest BCUT2D eigenvalue weighted by atomic mass is 79.9. The van der Waals surface area contributed by atoms with Crippen LogP contribution in [0.1, 0.15) is 0 Å². The van der Waals surface area contributed by atoms with Gasteiger partial charge in [0.05, 0.1) is 0 Å². The van der Waals surface area contributed by atoms with Crippen LogP contribution in [0.3, 0.4) is 0 Å². The van der Waals surface area contributed by atoms with Gasteiger partial charge < -0.3 is 0 Å². The molecule has 0 saturated heterocycles. The molecule has 4 rings (SSSR count). The van der Waals surface area contributed by atoms with E-state index < -0.39 is 7.53 Å². The molecule has 0 aliphatic rings. The Kier molecular flexibility index (Phi) is 4.15. The Labute approximate surface area is 153 Å². The van der Waals surface area contributed by atoms with Crippen molar-refractivity contribution in [3.05, 3.63) is 87.8 Å². The fraction of sp³-hybridized carbons (Fsp3) is 0. The summed E-state index contributed by atoms with van der Waals surface area (Å²) in [5.41, 5.74) is 1.27. The molecular formula is C20H13Br2P. The monoisotopic (exact) mass is 442 g/mol. The van der Waals surface area contributed by atoms with Crippen molar-refractivity contribution < 1.29 is 0 Å². The molecule has 0 amide bonds. The normalized spacial score (nSPS) is 11.8. The van der Waals surface area contributed by atoms with Crippen LogP contribution in [0.5, 0.6) is 0 Å². The lowest BCUT2D eigenvalue weighted by Gasteiger charge is -2.10. The zero-order valence-electron chi connectivity index (χ0n) is 12.2. The molecule has 1 aromatic heterocycles. The summed E-state index contributed by atoms with van der Waals surface area (Å²) in [5.74, 6) is 0. The summed E-state index contributed by atoms with van der Waals surface area (Å²) >= 11 is 7.62. The molecule has 1 heterocycles. The van der Waals surface area contributed by atoms with Gasteiger partial charge in [0.15, 0.2) is 0 Å². The third-order valence-electron chi connectivity index (χ3n) is 3.96. The number of fused-ring (bicyclic) bond motifs is 1. The molecule has 0 N–H and O–H groups in total. The summed E-state index contributed by atoms with van der Waals surface area (Å²) in [5, 5.41) is 5.51. The molecule has 1 atom stereocenters. The molecule has 112 valence electrons. The van der Waals surface area contributed by atoms with Crippen LogP contribution in [0.2, 0.25) is 0 Å². The molecule has 23 heavy (non-hydrogen) atoms. The lowest BCUT2D eigenvalue weighted by Crippen LogP contribution is -1.77. The fourth-order valence-electron chi connectivity index (χ4n) is 2.94. The van der Waals surface area contributed by atoms with Crippen molar-refractivity contribution in [3.63, 3.8) is 0 Å². The summed E-state index contributed by atoms with van der Waals surface area (Å²) in [4.78, 5) is 0. The molecule has 1 unspecified atom stereocenters. The van der Waals surface area contributed by atoms with Crippen LogP contribution < -0.4 is 0 Å². The molecule has 3 heteroatoms. The van der Waals surface area contributed by atoms with E-state index in [1.54, 1.807) is 0 Å². The highest BCUT2D eigenvalue weighted by Crippen LogP contribution is 2.60. The minimum absolute atomic E-state index is 0.549. The first-order chi connectivity index (χ1) is 11.3. The van der Waals surface area contributed by atoms with E-state index in [1.165, 1.54) is 31.1 Å². The summed E-state index contributed by atoms with van der Waals surface area (Å²) in [7, 11) is -0.549. The summed E-state index contributed by atoms with van der Waals surface area (Å²) < 4.78 is 2.36. The van der Waals surface area contributed by atoms with Crippen molar-refractivity contribution in [2.24, 2.45) is 0 Å². The Morgan fingerprint density at radius 1 is 0.652 bits per heavy atom. The Morgan fingerprint density at radius 2 is 1.30 bits per heavy atom. The first-order valence-electron chi connectivity index (χ1n) is 7.36. The van der Waals surface area contributed by atoms with Crippen LogP contribution in [0.25, 0.3) is 26.7 Å². The Hall–Kier alpha value is -1.34. The second kappa shape index (κ2) is 6.28. The second-order valence-electron chi connectivity index (χ2n) is 5.33. The SMILES string of the molecule is Brc1ccccc1-c1c(Br)c2ccccc2p1-c1ccccc1. The molecule has 4 aromatic rings. The number of hydrogen-bond donors (Lipinski definition) is 0. The van der Waals surface area contributed by atoms with Crippen LogP contribution in [0.15, 0.2) is 87.8 Å². The summed E-state index contributed by atoms with van der Waals surface area (Å²) in [6.45, 7) is 0. The van der Waals surface area contributed by atoms with E-state index in [-0.39, 0.29) is 0 Å². The van der Waals surface area contributed by atoms with Gasteiger partial charge in [0.25, 0.3) is 0 Å².